The second kappa shape index (κ2) is 10.5. The second-order valence-corrected chi connectivity index (χ2v) is 9.01. The number of carbonyl (C=O) groups is 3. The molecule has 2 aliphatic heterocycles. The predicted octanol–water partition coefficient (Wildman–Crippen LogP) is 2.83. The van der Waals surface area contributed by atoms with Crippen LogP contribution >= 0.6 is 0 Å². The number of amides is 3. The summed E-state index contributed by atoms with van der Waals surface area (Å²) in [4.78, 5) is 44.1. The van der Waals surface area contributed by atoms with Gasteiger partial charge in [-0.15, -0.1) is 0 Å². The van der Waals surface area contributed by atoms with Crippen molar-refractivity contribution in [1.82, 2.24) is 14.8 Å². The average Bonchev–Trinajstić information content (AvgIpc) is 3.38. The van der Waals surface area contributed by atoms with Gasteiger partial charge < -0.3 is 26.2 Å². The Morgan fingerprint density at radius 3 is 2.32 bits per heavy atom. The van der Waals surface area contributed by atoms with Crippen molar-refractivity contribution < 1.29 is 14.4 Å². The Morgan fingerprint density at radius 1 is 1.03 bits per heavy atom. The molecule has 0 atom stereocenters. The van der Waals surface area contributed by atoms with Crippen LogP contribution < -0.4 is 16.4 Å². The second-order valence-electron chi connectivity index (χ2n) is 9.01. The minimum Gasteiger partial charge on any atom is -0.384 e. The largest absolute Gasteiger partial charge is 0.384 e. The zero-order chi connectivity index (χ0) is 24.1. The Bertz CT molecular complexity index is 1040. The highest BCUT2D eigenvalue weighted by Crippen LogP contribution is 2.24. The number of anilines is 3. The molecule has 34 heavy (non-hydrogen) atoms. The van der Waals surface area contributed by atoms with Crippen LogP contribution in [-0.4, -0.2) is 65.2 Å². The molecule has 1 aromatic heterocycles. The fourth-order valence-electron chi connectivity index (χ4n) is 4.52. The van der Waals surface area contributed by atoms with Crippen LogP contribution in [0.1, 0.15) is 53.3 Å². The molecule has 2 aliphatic rings. The van der Waals surface area contributed by atoms with E-state index in [-0.39, 0.29) is 11.8 Å². The summed E-state index contributed by atoms with van der Waals surface area (Å²) in [5.41, 5.74) is 7.97. The van der Waals surface area contributed by atoms with Gasteiger partial charge in [0, 0.05) is 63.2 Å². The Morgan fingerprint density at radius 2 is 1.71 bits per heavy atom. The van der Waals surface area contributed by atoms with Gasteiger partial charge in [-0.2, -0.15) is 0 Å². The molecule has 4 N–H and O–H groups in total. The average molecular weight is 465 g/mol. The van der Waals surface area contributed by atoms with Crippen molar-refractivity contribution in [2.24, 2.45) is 11.7 Å². The van der Waals surface area contributed by atoms with Crippen molar-refractivity contribution in [3.63, 3.8) is 0 Å². The molecule has 0 spiro atoms. The van der Waals surface area contributed by atoms with Crippen LogP contribution in [0.2, 0.25) is 0 Å². The summed E-state index contributed by atoms with van der Waals surface area (Å²) in [5.74, 6) is 0.603. The molecule has 0 radical (unpaired) electrons. The quantitative estimate of drug-likeness (QED) is 0.579. The third-order valence-corrected chi connectivity index (χ3v) is 6.61. The van der Waals surface area contributed by atoms with E-state index < -0.39 is 5.91 Å². The first-order valence-corrected chi connectivity index (χ1v) is 11.9. The van der Waals surface area contributed by atoms with Gasteiger partial charge in [0.15, 0.2) is 0 Å². The van der Waals surface area contributed by atoms with Crippen molar-refractivity contribution >= 4 is 34.9 Å². The smallest absolute Gasteiger partial charge is 0.253 e. The lowest BCUT2D eigenvalue weighted by Crippen LogP contribution is -2.38. The van der Waals surface area contributed by atoms with Crippen molar-refractivity contribution in [1.29, 1.82) is 0 Å². The van der Waals surface area contributed by atoms with E-state index in [1.54, 1.807) is 13.0 Å². The van der Waals surface area contributed by atoms with Gasteiger partial charge in [-0.1, -0.05) is 0 Å². The monoisotopic (exact) mass is 464 g/mol. The van der Waals surface area contributed by atoms with Crippen LogP contribution in [0.25, 0.3) is 0 Å². The van der Waals surface area contributed by atoms with Gasteiger partial charge in [0.05, 0.1) is 11.3 Å². The van der Waals surface area contributed by atoms with Crippen LogP contribution in [0.3, 0.4) is 0 Å². The maximum atomic E-state index is 12.5. The summed E-state index contributed by atoms with van der Waals surface area (Å²) in [6.07, 6.45) is 5.42. The number of piperidine rings is 1. The summed E-state index contributed by atoms with van der Waals surface area (Å²) >= 11 is 0. The van der Waals surface area contributed by atoms with Crippen molar-refractivity contribution in [3.05, 3.63) is 47.7 Å². The summed E-state index contributed by atoms with van der Waals surface area (Å²) in [5, 5.41) is 6.59. The van der Waals surface area contributed by atoms with Gasteiger partial charge in [-0.25, -0.2) is 4.98 Å². The Hall–Kier alpha value is -3.62. The number of nitrogens with one attached hydrogen (secondary N) is 2. The number of hydrogen-bond acceptors (Lipinski definition) is 6. The maximum absolute atomic E-state index is 12.5. The van der Waals surface area contributed by atoms with E-state index in [0.29, 0.717) is 35.1 Å². The zero-order valence-electron chi connectivity index (χ0n) is 19.5. The Kier molecular flexibility index (Phi) is 7.30. The molecule has 9 heteroatoms. The number of benzene rings is 1. The summed E-state index contributed by atoms with van der Waals surface area (Å²) in [6, 6.07) is 9.10. The number of nitrogens with two attached hydrogens (primary N) is 1. The van der Waals surface area contributed by atoms with E-state index in [1.807, 2.05) is 34.1 Å². The minimum absolute atomic E-state index is 0.0635. The zero-order valence-corrected chi connectivity index (χ0v) is 19.5. The molecule has 3 heterocycles. The SMILES string of the molecule is CC(=O)N1CCC(CNc2cc(Nc3ccc(C(=O)N4CCCC4)cc3)ncc2C(N)=O)CC1. The first kappa shape index (κ1) is 23.5. The topological polar surface area (TPSA) is 121 Å². The van der Waals surface area contributed by atoms with Crippen molar-refractivity contribution in [2.75, 3.05) is 43.4 Å². The number of likely N-dealkylation sites (tertiary alicyclic amines) is 2. The van der Waals surface area contributed by atoms with Gasteiger partial charge >= 0.3 is 0 Å². The first-order chi connectivity index (χ1) is 16.4. The summed E-state index contributed by atoms with van der Waals surface area (Å²) in [7, 11) is 0. The van der Waals surface area contributed by atoms with Gasteiger partial charge in [0.1, 0.15) is 5.82 Å². The van der Waals surface area contributed by atoms with Gasteiger partial charge in [-0.05, 0) is 55.9 Å². The number of hydrogen-bond donors (Lipinski definition) is 3. The summed E-state index contributed by atoms with van der Waals surface area (Å²) < 4.78 is 0. The molecular weight excluding hydrogens is 432 g/mol. The van der Waals surface area contributed by atoms with E-state index >= 15 is 0 Å². The molecule has 0 saturated carbocycles. The highest BCUT2D eigenvalue weighted by Gasteiger charge is 2.22. The Labute approximate surface area is 199 Å². The highest BCUT2D eigenvalue weighted by molar-refractivity contribution is 5.98. The normalized spacial score (nSPS) is 16.4. The van der Waals surface area contributed by atoms with Crippen molar-refractivity contribution in [2.45, 2.75) is 32.6 Å². The number of nitrogens with zero attached hydrogens (tertiary/aromatic N) is 3. The molecule has 2 saturated heterocycles. The molecular formula is C25H32N6O3. The third-order valence-electron chi connectivity index (χ3n) is 6.61. The molecule has 0 bridgehead atoms. The molecule has 9 nitrogen and oxygen atoms in total. The van der Waals surface area contributed by atoms with Crippen LogP contribution in [0.5, 0.6) is 0 Å². The van der Waals surface area contributed by atoms with E-state index in [2.05, 4.69) is 15.6 Å². The van der Waals surface area contributed by atoms with E-state index in [0.717, 1.165) is 57.5 Å². The maximum Gasteiger partial charge on any atom is 0.253 e. The molecule has 0 aliphatic carbocycles. The molecule has 180 valence electrons. The molecule has 0 unspecified atom stereocenters. The lowest BCUT2D eigenvalue weighted by Gasteiger charge is -2.31. The fourth-order valence-corrected chi connectivity index (χ4v) is 4.52. The molecule has 4 rings (SSSR count). The molecule has 2 fully saturated rings. The van der Waals surface area contributed by atoms with E-state index in [4.69, 9.17) is 5.73 Å². The van der Waals surface area contributed by atoms with Crippen molar-refractivity contribution in [3.8, 4) is 0 Å². The standard InChI is InChI=1S/C25H32N6O3/c1-17(32)30-12-8-18(9-13-30)15-27-22-14-23(28-16-21(22)24(26)33)29-20-6-4-19(5-7-20)25(34)31-10-2-3-11-31/h4-7,14,16,18H,2-3,8-13,15H2,1H3,(H2,26,33)(H2,27,28,29). The number of pyridine rings is 1. The van der Waals surface area contributed by atoms with Crippen LogP contribution in [0.15, 0.2) is 36.5 Å². The van der Waals surface area contributed by atoms with Crippen LogP contribution in [0.4, 0.5) is 17.2 Å². The third kappa shape index (κ3) is 5.65. The van der Waals surface area contributed by atoms with Gasteiger partial charge in [0.2, 0.25) is 5.91 Å². The van der Waals surface area contributed by atoms with Crippen LogP contribution in [-0.2, 0) is 4.79 Å². The molecule has 2 aromatic rings. The number of aromatic nitrogens is 1. The molecule has 3 amide bonds. The first-order valence-electron chi connectivity index (χ1n) is 11.9. The highest BCUT2D eigenvalue weighted by atomic mass is 16.2. The predicted molar refractivity (Wildman–Crippen MR) is 131 cm³/mol. The lowest BCUT2D eigenvalue weighted by atomic mass is 9.96. The molecule has 1 aromatic carbocycles. The van der Waals surface area contributed by atoms with Crippen LogP contribution in [0, 0.1) is 5.92 Å². The minimum atomic E-state index is -0.544. The van der Waals surface area contributed by atoms with Gasteiger partial charge in [-0.3, -0.25) is 14.4 Å². The lowest BCUT2D eigenvalue weighted by molar-refractivity contribution is -0.130. The summed E-state index contributed by atoms with van der Waals surface area (Å²) in [6.45, 7) is 5.43. The Balaban J connectivity index is 1.40. The number of primary amides is 1. The van der Waals surface area contributed by atoms with Gasteiger partial charge in [0.25, 0.3) is 11.8 Å². The number of rotatable bonds is 7. The van der Waals surface area contributed by atoms with E-state index in [9.17, 15) is 14.4 Å². The number of carbonyl (C=O) groups excluding carboxylic acids is 3. The van der Waals surface area contributed by atoms with E-state index in [1.165, 1.54) is 6.20 Å². The fraction of sp³-hybridized carbons (Fsp3) is 0.440.